The number of sulfonamides is 1. The van der Waals surface area contributed by atoms with Crippen LogP contribution in [0.5, 0.6) is 0 Å². The molecule has 1 saturated heterocycles. The van der Waals surface area contributed by atoms with Gasteiger partial charge in [0.15, 0.2) is 0 Å². The molecule has 4 heterocycles. The van der Waals surface area contributed by atoms with Crippen molar-refractivity contribution in [3.63, 3.8) is 0 Å². The number of thiophene rings is 2. The number of fused-ring (bicyclic) bond motifs is 1. The molecule has 2 aromatic heterocycles. The largest absolute Gasteiger partial charge is 0.465 e. The molecular weight excluding hydrogens is 530 g/mol. The van der Waals surface area contributed by atoms with E-state index >= 15 is 0 Å². The molecule has 2 N–H and O–H groups in total. The summed E-state index contributed by atoms with van der Waals surface area (Å²) < 4.78 is 33.5. The average molecular weight is 560 g/mol. The number of esters is 1. The van der Waals surface area contributed by atoms with Gasteiger partial charge in [-0.2, -0.15) is 4.31 Å². The van der Waals surface area contributed by atoms with Crippen molar-refractivity contribution < 1.29 is 22.7 Å². The molecule has 1 atom stereocenters. The summed E-state index contributed by atoms with van der Waals surface area (Å²) in [6.45, 7) is 8.45. The maximum absolute atomic E-state index is 13.5. The Kier molecular flexibility index (Phi) is 7.15. The maximum Gasteiger partial charge on any atom is 0.341 e. The second-order valence-corrected chi connectivity index (χ2v) is 14.9. The molecule has 0 spiro atoms. The fourth-order valence-corrected chi connectivity index (χ4v) is 9.67. The molecule has 2 aliphatic rings. The molecule has 0 bridgehead atoms. The van der Waals surface area contributed by atoms with E-state index in [1.165, 1.54) is 34.9 Å². The van der Waals surface area contributed by atoms with Gasteiger partial charge in [0.2, 0.25) is 5.91 Å². The SMILES string of the molecule is COC(=O)c1c(NC(=O)C2CCCCN2S(=O)(=O)c2ccc(Cl)s2)sc2c1CC(C)(C)NC2(C)C. The summed E-state index contributed by atoms with van der Waals surface area (Å²) in [5.74, 6) is -0.975. The van der Waals surface area contributed by atoms with Crippen molar-refractivity contribution in [1.82, 2.24) is 9.62 Å². The Balaban J connectivity index is 1.70. The number of ether oxygens (including phenoxy) is 1. The number of halogens is 1. The van der Waals surface area contributed by atoms with Gasteiger partial charge in [-0.3, -0.25) is 4.79 Å². The molecule has 1 fully saturated rings. The van der Waals surface area contributed by atoms with Crippen molar-refractivity contribution in [2.24, 2.45) is 0 Å². The van der Waals surface area contributed by atoms with Crippen LogP contribution < -0.4 is 10.6 Å². The number of rotatable bonds is 5. The van der Waals surface area contributed by atoms with Gasteiger partial charge in [0.05, 0.1) is 17.0 Å². The molecule has 12 heteroatoms. The van der Waals surface area contributed by atoms with Crippen molar-refractivity contribution in [2.45, 2.75) is 74.7 Å². The normalized spacial score (nSPS) is 21.8. The zero-order chi connectivity index (χ0) is 25.8. The van der Waals surface area contributed by atoms with E-state index in [0.717, 1.165) is 28.2 Å². The van der Waals surface area contributed by atoms with Crippen LogP contribution in [0.25, 0.3) is 0 Å². The van der Waals surface area contributed by atoms with Gasteiger partial charge in [0.1, 0.15) is 15.3 Å². The molecular formula is C23H30ClN3O5S3. The highest BCUT2D eigenvalue weighted by molar-refractivity contribution is 7.91. The van der Waals surface area contributed by atoms with Crippen LogP contribution in [0, 0.1) is 0 Å². The molecule has 35 heavy (non-hydrogen) atoms. The van der Waals surface area contributed by atoms with Crippen molar-refractivity contribution in [3.8, 4) is 0 Å². The van der Waals surface area contributed by atoms with Crippen molar-refractivity contribution in [1.29, 1.82) is 0 Å². The highest BCUT2D eigenvalue weighted by Gasteiger charge is 2.43. The lowest BCUT2D eigenvalue weighted by atomic mass is 9.81. The topological polar surface area (TPSA) is 105 Å². The van der Waals surface area contributed by atoms with Gasteiger partial charge in [0, 0.05) is 22.5 Å². The molecule has 2 aliphatic heterocycles. The third kappa shape index (κ3) is 5.03. The van der Waals surface area contributed by atoms with Crippen LogP contribution in [0.15, 0.2) is 16.3 Å². The summed E-state index contributed by atoms with van der Waals surface area (Å²) in [6, 6.07) is 2.11. The lowest BCUT2D eigenvalue weighted by Gasteiger charge is -2.42. The fourth-order valence-electron chi connectivity index (χ4n) is 5.14. The predicted molar refractivity (Wildman–Crippen MR) is 139 cm³/mol. The first kappa shape index (κ1) is 26.6. The molecule has 0 aromatic carbocycles. The summed E-state index contributed by atoms with van der Waals surface area (Å²) in [7, 11) is -2.57. The average Bonchev–Trinajstić information content (AvgIpc) is 3.36. The van der Waals surface area contributed by atoms with Crippen LogP contribution in [0.3, 0.4) is 0 Å². The van der Waals surface area contributed by atoms with E-state index in [-0.39, 0.29) is 16.3 Å². The minimum absolute atomic E-state index is 0.110. The van der Waals surface area contributed by atoms with Gasteiger partial charge in [-0.25, -0.2) is 13.2 Å². The van der Waals surface area contributed by atoms with E-state index in [1.54, 1.807) is 0 Å². The number of anilines is 1. The van der Waals surface area contributed by atoms with Crippen LogP contribution in [0.4, 0.5) is 5.00 Å². The Morgan fingerprint density at radius 3 is 2.54 bits per heavy atom. The summed E-state index contributed by atoms with van der Waals surface area (Å²) in [5.41, 5.74) is 0.510. The van der Waals surface area contributed by atoms with Gasteiger partial charge < -0.3 is 15.4 Å². The van der Waals surface area contributed by atoms with Gasteiger partial charge in [0.25, 0.3) is 10.0 Å². The fraction of sp³-hybridized carbons (Fsp3) is 0.565. The van der Waals surface area contributed by atoms with E-state index in [2.05, 4.69) is 24.5 Å². The molecule has 0 saturated carbocycles. The summed E-state index contributed by atoms with van der Waals surface area (Å²) in [6.07, 6.45) is 2.37. The first-order valence-electron chi connectivity index (χ1n) is 11.4. The molecule has 2 aromatic rings. The molecule has 8 nitrogen and oxygen atoms in total. The lowest BCUT2D eigenvalue weighted by molar-refractivity contribution is -0.120. The number of hydrogen-bond donors (Lipinski definition) is 2. The number of methoxy groups -OCH3 is 1. The van der Waals surface area contributed by atoms with Crippen LogP contribution in [-0.2, 0) is 31.5 Å². The van der Waals surface area contributed by atoms with Gasteiger partial charge in [-0.15, -0.1) is 22.7 Å². The number of amides is 1. The monoisotopic (exact) mass is 559 g/mol. The van der Waals surface area contributed by atoms with E-state index < -0.39 is 33.5 Å². The van der Waals surface area contributed by atoms with Crippen molar-refractivity contribution >= 4 is 61.2 Å². The van der Waals surface area contributed by atoms with Crippen molar-refractivity contribution in [2.75, 3.05) is 19.0 Å². The smallest absolute Gasteiger partial charge is 0.341 e. The highest BCUT2D eigenvalue weighted by Crippen LogP contribution is 2.45. The number of carbonyl (C=O) groups is 2. The summed E-state index contributed by atoms with van der Waals surface area (Å²) in [5, 5.41) is 6.89. The first-order chi connectivity index (χ1) is 16.3. The van der Waals surface area contributed by atoms with Gasteiger partial charge in [-0.1, -0.05) is 18.0 Å². The first-order valence-corrected chi connectivity index (χ1v) is 14.8. The number of piperidine rings is 1. The summed E-state index contributed by atoms with van der Waals surface area (Å²) >= 11 is 8.28. The Bertz CT molecular complexity index is 1270. The maximum atomic E-state index is 13.5. The zero-order valence-corrected chi connectivity index (χ0v) is 23.6. The second-order valence-electron chi connectivity index (χ2n) is 10.1. The molecule has 0 aliphatic carbocycles. The van der Waals surface area contributed by atoms with Crippen molar-refractivity contribution in [3.05, 3.63) is 32.5 Å². The number of nitrogens with one attached hydrogen (secondary N) is 2. The van der Waals surface area contributed by atoms with E-state index in [1.807, 2.05) is 13.8 Å². The number of nitrogens with zero attached hydrogens (tertiary/aromatic N) is 1. The lowest BCUT2D eigenvalue weighted by Crippen LogP contribution is -2.55. The van der Waals surface area contributed by atoms with Gasteiger partial charge >= 0.3 is 5.97 Å². The Hall–Kier alpha value is -1.50. The molecule has 1 unspecified atom stereocenters. The third-order valence-electron chi connectivity index (χ3n) is 6.34. The van der Waals surface area contributed by atoms with Crippen LogP contribution in [0.2, 0.25) is 4.34 Å². The standard InChI is InChI=1S/C23H30ClN3O5S3/c1-22(2)12-13-17(21(29)32-5)20(34-18(13)23(3,4)26-22)25-19(28)14-8-6-7-11-27(14)35(30,31)16-10-9-15(24)33-16/h9-10,14,26H,6-8,11-12H2,1-5H3,(H,25,28). The summed E-state index contributed by atoms with van der Waals surface area (Å²) in [4.78, 5) is 27.3. The Morgan fingerprint density at radius 1 is 1.20 bits per heavy atom. The van der Waals surface area contributed by atoms with Crippen LogP contribution in [-0.4, -0.2) is 49.8 Å². The highest BCUT2D eigenvalue weighted by atomic mass is 35.5. The van der Waals surface area contributed by atoms with E-state index in [4.69, 9.17) is 16.3 Å². The minimum Gasteiger partial charge on any atom is -0.465 e. The molecule has 0 radical (unpaired) electrons. The second kappa shape index (κ2) is 9.42. The van der Waals surface area contributed by atoms with Gasteiger partial charge in [-0.05, 0) is 64.7 Å². The Morgan fingerprint density at radius 2 is 1.91 bits per heavy atom. The molecule has 4 rings (SSSR count). The third-order valence-corrected chi connectivity index (χ3v) is 11.4. The van der Waals surface area contributed by atoms with E-state index in [0.29, 0.717) is 34.2 Å². The molecule has 1 amide bonds. The quantitative estimate of drug-likeness (QED) is 0.519. The van der Waals surface area contributed by atoms with E-state index in [9.17, 15) is 18.0 Å². The van der Waals surface area contributed by atoms with Crippen LogP contribution in [0.1, 0.15) is 67.8 Å². The predicted octanol–water partition coefficient (Wildman–Crippen LogP) is 4.59. The number of carbonyl (C=O) groups excluding carboxylic acids is 2. The minimum atomic E-state index is -3.89. The van der Waals surface area contributed by atoms with Crippen LogP contribution >= 0.6 is 34.3 Å². The molecule has 192 valence electrons. The number of hydrogen-bond acceptors (Lipinski definition) is 8. The zero-order valence-electron chi connectivity index (χ0n) is 20.4. The Labute approximate surface area is 219 Å².